The van der Waals surface area contributed by atoms with E-state index in [0.29, 0.717) is 6.42 Å². The van der Waals surface area contributed by atoms with Gasteiger partial charge in [-0.05, 0) is 48.2 Å². The van der Waals surface area contributed by atoms with Crippen molar-refractivity contribution in [1.29, 1.82) is 0 Å². The second-order valence-electron chi connectivity index (χ2n) is 9.80. The molecule has 0 fully saturated rings. The SMILES string of the molecule is COC(=O)C(Cc1ccc(CC#CCNC(=O)OCc2ccccc2)c2ccccc12)NC(=O)OC(C)(C)C. The number of hydrogen-bond acceptors (Lipinski definition) is 6. The fourth-order valence-electron chi connectivity index (χ4n) is 3.87. The van der Waals surface area contributed by atoms with Crippen LogP contribution in [0.5, 0.6) is 0 Å². The molecule has 1 unspecified atom stereocenters. The number of methoxy groups -OCH3 is 1. The lowest BCUT2D eigenvalue weighted by Crippen LogP contribution is -2.45. The summed E-state index contributed by atoms with van der Waals surface area (Å²) in [5, 5.41) is 7.18. The molecule has 2 amide bonds. The Morgan fingerprint density at radius 1 is 0.846 bits per heavy atom. The minimum absolute atomic E-state index is 0.167. The molecule has 0 aliphatic carbocycles. The maximum Gasteiger partial charge on any atom is 0.408 e. The van der Waals surface area contributed by atoms with Crippen molar-refractivity contribution in [3.05, 3.63) is 83.4 Å². The fourth-order valence-corrected chi connectivity index (χ4v) is 3.87. The molecule has 3 aromatic carbocycles. The molecule has 39 heavy (non-hydrogen) atoms. The van der Waals surface area contributed by atoms with Gasteiger partial charge in [0.25, 0.3) is 0 Å². The van der Waals surface area contributed by atoms with Crippen LogP contribution in [-0.2, 0) is 38.5 Å². The van der Waals surface area contributed by atoms with Crippen LogP contribution in [0.25, 0.3) is 10.8 Å². The van der Waals surface area contributed by atoms with Crippen molar-refractivity contribution in [2.24, 2.45) is 0 Å². The Balaban J connectivity index is 1.64. The molecule has 0 saturated carbocycles. The summed E-state index contributed by atoms with van der Waals surface area (Å²) in [4.78, 5) is 36.6. The lowest BCUT2D eigenvalue weighted by atomic mass is 9.94. The number of amides is 2. The maximum atomic E-state index is 12.4. The molecule has 0 saturated heterocycles. The summed E-state index contributed by atoms with van der Waals surface area (Å²) in [6.07, 6.45) is -0.513. The van der Waals surface area contributed by atoms with E-state index in [-0.39, 0.29) is 19.6 Å². The summed E-state index contributed by atoms with van der Waals surface area (Å²) in [6, 6.07) is 20.2. The van der Waals surface area contributed by atoms with Crippen molar-refractivity contribution in [3.63, 3.8) is 0 Å². The van der Waals surface area contributed by atoms with E-state index in [9.17, 15) is 14.4 Å². The van der Waals surface area contributed by atoms with Gasteiger partial charge >= 0.3 is 18.2 Å². The highest BCUT2D eigenvalue weighted by atomic mass is 16.6. The molecular formula is C31H34N2O6. The van der Waals surface area contributed by atoms with Gasteiger partial charge < -0.3 is 24.8 Å². The highest BCUT2D eigenvalue weighted by Crippen LogP contribution is 2.25. The molecule has 0 aromatic heterocycles. The van der Waals surface area contributed by atoms with Gasteiger partial charge in [-0.1, -0.05) is 78.6 Å². The molecule has 3 aromatic rings. The number of alkyl carbamates (subject to hydrolysis) is 2. The van der Waals surface area contributed by atoms with E-state index in [2.05, 4.69) is 22.5 Å². The molecule has 0 spiro atoms. The van der Waals surface area contributed by atoms with Crippen LogP contribution in [0, 0.1) is 11.8 Å². The smallest absolute Gasteiger partial charge is 0.408 e. The summed E-state index contributed by atoms with van der Waals surface area (Å²) in [5.74, 6) is 5.48. The maximum absolute atomic E-state index is 12.4. The quantitative estimate of drug-likeness (QED) is 0.243. The van der Waals surface area contributed by atoms with E-state index in [1.165, 1.54) is 7.11 Å². The lowest BCUT2D eigenvalue weighted by Gasteiger charge is -2.23. The van der Waals surface area contributed by atoms with E-state index in [1.54, 1.807) is 20.8 Å². The summed E-state index contributed by atoms with van der Waals surface area (Å²) >= 11 is 0. The molecule has 204 valence electrons. The molecule has 0 aliphatic heterocycles. The molecule has 1 atom stereocenters. The number of hydrogen-bond donors (Lipinski definition) is 2. The molecule has 8 heteroatoms. The highest BCUT2D eigenvalue weighted by Gasteiger charge is 2.26. The summed E-state index contributed by atoms with van der Waals surface area (Å²) < 4.78 is 15.4. The largest absolute Gasteiger partial charge is 0.467 e. The van der Waals surface area contributed by atoms with Crippen LogP contribution in [0.2, 0.25) is 0 Å². The van der Waals surface area contributed by atoms with Crippen LogP contribution in [0.3, 0.4) is 0 Å². The molecule has 3 rings (SSSR count). The molecule has 2 N–H and O–H groups in total. The van der Waals surface area contributed by atoms with Gasteiger partial charge in [-0.15, -0.1) is 0 Å². The van der Waals surface area contributed by atoms with Crippen molar-refractivity contribution in [1.82, 2.24) is 10.6 Å². The van der Waals surface area contributed by atoms with Crippen LogP contribution >= 0.6 is 0 Å². The summed E-state index contributed by atoms with van der Waals surface area (Å²) in [7, 11) is 1.28. The number of carbonyl (C=O) groups is 3. The number of benzene rings is 3. The number of esters is 1. The van der Waals surface area contributed by atoms with E-state index >= 15 is 0 Å². The van der Waals surface area contributed by atoms with Gasteiger partial charge in [0.15, 0.2) is 0 Å². The number of carbonyl (C=O) groups excluding carboxylic acids is 3. The van der Waals surface area contributed by atoms with Crippen LogP contribution in [-0.4, -0.2) is 43.5 Å². The Morgan fingerprint density at radius 2 is 1.49 bits per heavy atom. The average Bonchev–Trinajstić information content (AvgIpc) is 2.91. The van der Waals surface area contributed by atoms with Gasteiger partial charge in [0, 0.05) is 12.8 Å². The standard InChI is InChI=1S/C31H34N2O6/c1-31(2,3)39-30(36)33-27(28(34)37-4)20-24-18-17-23(25-15-8-9-16-26(24)25)14-10-11-19-32-29(35)38-21-22-12-6-5-7-13-22/h5-9,12-13,15-18,27H,14,19-21H2,1-4H3,(H,32,35)(H,33,36). The Bertz CT molecular complexity index is 1350. The van der Waals surface area contributed by atoms with Crippen LogP contribution in [0.4, 0.5) is 9.59 Å². The summed E-state index contributed by atoms with van der Waals surface area (Å²) in [6.45, 7) is 5.62. The zero-order valence-corrected chi connectivity index (χ0v) is 22.7. The van der Waals surface area contributed by atoms with Crippen LogP contribution in [0.1, 0.15) is 37.5 Å². The highest BCUT2D eigenvalue weighted by molar-refractivity contribution is 5.90. The van der Waals surface area contributed by atoms with Gasteiger partial charge in [-0.2, -0.15) is 0 Å². The van der Waals surface area contributed by atoms with Crippen LogP contribution < -0.4 is 10.6 Å². The van der Waals surface area contributed by atoms with Crippen molar-refractivity contribution >= 4 is 28.9 Å². The van der Waals surface area contributed by atoms with Gasteiger partial charge in [-0.3, -0.25) is 0 Å². The molecule has 0 heterocycles. The third-order valence-electron chi connectivity index (χ3n) is 5.64. The predicted octanol–water partition coefficient (Wildman–Crippen LogP) is 4.92. The lowest BCUT2D eigenvalue weighted by molar-refractivity contribution is -0.143. The molecule has 0 radical (unpaired) electrons. The predicted molar refractivity (Wildman–Crippen MR) is 149 cm³/mol. The number of fused-ring (bicyclic) bond motifs is 1. The second-order valence-corrected chi connectivity index (χ2v) is 9.80. The van der Waals surface area contributed by atoms with Crippen LogP contribution in [0.15, 0.2) is 66.7 Å². The van der Waals surface area contributed by atoms with E-state index < -0.39 is 29.8 Å². The van der Waals surface area contributed by atoms with Crippen molar-refractivity contribution in [3.8, 4) is 11.8 Å². The summed E-state index contributed by atoms with van der Waals surface area (Å²) in [5.41, 5.74) is 2.09. The van der Waals surface area contributed by atoms with Crippen molar-refractivity contribution in [2.45, 2.75) is 51.9 Å². The average molecular weight is 531 g/mol. The third kappa shape index (κ3) is 9.38. The topological polar surface area (TPSA) is 103 Å². The first-order valence-electron chi connectivity index (χ1n) is 12.6. The van der Waals surface area contributed by atoms with Gasteiger partial charge in [0.1, 0.15) is 18.2 Å². The second kappa shape index (κ2) is 13.9. The van der Waals surface area contributed by atoms with E-state index in [0.717, 1.165) is 27.5 Å². The van der Waals surface area contributed by atoms with Crippen molar-refractivity contribution < 1.29 is 28.6 Å². The number of nitrogens with one attached hydrogen (secondary N) is 2. The molecule has 8 nitrogen and oxygen atoms in total. The molecule has 0 bridgehead atoms. The first-order valence-corrected chi connectivity index (χ1v) is 12.6. The number of ether oxygens (including phenoxy) is 3. The fraction of sp³-hybridized carbons (Fsp3) is 0.323. The first kappa shape index (κ1) is 29.1. The van der Waals surface area contributed by atoms with Gasteiger partial charge in [0.05, 0.1) is 13.7 Å². The Labute approximate surface area is 229 Å². The molecular weight excluding hydrogens is 496 g/mol. The first-order chi connectivity index (χ1) is 18.7. The Morgan fingerprint density at radius 3 is 2.15 bits per heavy atom. The van der Waals surface area contributed by atoms with Gasteiger partial charge in [0.2, 0.25) is 0 Å². The Kier molecular flexibility index (Phi) is 10.3. The minimum Gasteiger partial charge on any atom is -0.467 e. The minimum atomic E-state index is -0.911. The number of rotatable bonds is 8. The Hall–Kier alpha value is -4.51. The monoisotopic (exact) mass is 530 g/mol. The third-order valence-corrected chi connectivity index (χ3v) is 5.64. The van der Waals surface area contributed by atoms with E-state index in [1.807, 2.05) is 66.7 Å². The van der Waals surface area contributed by atoms with Crippen molar-refractivity contribution in [2.75, 3.05) is 13.7 Å². The molecule has 0 aliphatic rings. The van der Waals surface area contributed by atoms with Gasteiger partial charge in [-0.25, -0.2) is 14.4 Å². The zero-order valence-electron chi connectivity index (χ0n) is 22.7. The zero-order chi connectivity index (χ0) is 28.3. The normalized spacial score (nSPS) is 11.5. The van der Waals surface area contributed by atoms with E-state index in [4.69, 9.17) is 14.2 Å².